The van der Waals surface area contributed by atoms with Gasteiger partial charge in [-0.15, -0.1) is 0 Å². The summed E-state index contributed by atoms with van der Waals surface area (Å²) in [5.74, 6) is 0.406. The van der Waals surface area contributed by atoms with Crippen LogP contribution in [0.4, 0.5) is 0 Å². The molecule has 0 radical (unpaired) electrons. The lowest BCUT2D eigenvalue weighted by atomic mass is 10.1. The van der Waals surface area contributed by atoms with Gasteiger partial charge in [0.25, 0.3) is 0 Å². The van der Waals surface area contributed by atoms with Gasteiger partial charge in [-0.3, -0.25) is 4.79 Å². The van der Waals surface area contributed by atoms with E-state index >= 15 is 0 Å². The van der Waals surface area contributed by atoms with Crippen LogP contribution >= 0.6 is 0 Å². The van der Waals surface area contributed by atoms with Gasteiger partial charge in [-0.25, -0.2) is 0 Å². The van der Waals surface area contributed by atoms with Crippen molar-refractivity contribution in [2.75, 3.05) is 26.2 Å². The van der Waals surface area contributed by atoms with Crippen LogP contribution in [0.25, 0.3) is 0 Å². The fraction of sp³-hybridized carbons (Fsp3) is 0.938. The fourth-order valence-corrected chi connectivity index (χ4v) is 3.74. The van der Waals surface area contributed by atoms with Gasteiger partial charge >= 0.3 is 0 Å². The van der Waals surface area contributed by atoms with Gasteiger partial charge in [-0.1, -0.05) is 19.8 Å². The molecule has 116 valence electrons. The molecule has 0 aromatic heterocycles. The third kappa shape index (κ3) is 3.95. The molecule has 2 unspecified atom stereocenters. The third-order valence-corrected chi connectivity index (χ3v) is 4.95. The van der Waals surface area contributed by atoms with E-state index in [4.69, 9.17) is 5.73 Å². The number of amides is 1. The number of likely N-dealkylation sites (N-methyl/N-ethyl adjacent to an activating group) is 1. The van der Waals surface area contributed by atoms with Crippen LogP contribution in [0.2, 0.25) is 0 Å². The molecule has 20 heavy (non-hydrogen) atoms. The second kappa shape index (κ2) is 7.99. The SMILES string of the molecule is CCN1CCC2CCC(C1)N2C(=O)CCCCCCN. The Kier molecular flexibility index (Phi) is 6.30. The normalized spacial score (nSPS) is 26.8. The lowest BCUT2D eigenvalue weighted by Crippen LogP contribution is -2.43. The average Bonchev–Trinajstić information content (AvgIpc) is 2.73. The summed E-state index contributed by atoms with van der Waals surface area (Å²) in [6.07, 6.45) is 8.78. The number of unbranched alkanes of at least 4 members (excludes halogenated alkanes) is 3. The second-order valence-electron chi connectivity index (χ2n) is 6.32. The van der Waals surface area contributed by atoms with E-state index in [2.05, 4.69) is 16.7 Å². The first kappa shape index (κ1) is 15.8. The van der Waals surface area contributed by atoms with Gasteiger partial charge in [0, 0.05) is 31.6 Å². The number of fused-ring (bicyclic) bond motifs is 2. The molecule has 2 aliphatic heterocycles. The van der Waals surface area contributed by atoms with E-state index in [0.717, 1.165) is 51.9 Å². The standard InChI is InChI=1S/C16H31N3O/c1-2-18-12-10-14-8-9-15(13-18)19(14)16(20)7-5-3-4-6-11-17/h14-15H,2-13,17H2,1H3. The minimum atomic E-state index is 0.406. The molecule has 2 atom stereocenters. The molecule has 0 spiro atoms. The number of carbonyl (C=O) groups is 1. The highest BCUT2D eigenvalue weighted by Crippen LogP contribution is 2.31. The Hall–Kier alpha value is -0.610. The average molecular weight is 281 g/mol. The highest BCUT2D eigenvalue weighted by Gasteiger charge is 2.39. The van der Waals surface area contributed by atoms with Crippen LogP contribution in [0.3, 0.4) is 0 Å². The molecule has 2 N–H and O–H groups in total. The van der Waals surface area contributed by atoms with Crippen LogP contribution in [0.1, 0.15) is 58.3 Å². The summed E-state index contributed by atoms with van der Waals surface area (Å²) < 4.78 is 0. The molecule has 2 heterocycles. The maximum absolute atomic E-state index is 12.5. The summed E-state index contributed by atoms with van der Waals surface area (Å²) in [5, 5.41) is 0. The Morgan fingerprint density at radius 1 is 1.10 bits per heavy atom. The van der Waals surface area contributed by atoms with E-state index in [-0.39, 0.29) is 0 Å². The summed E-state index contributed by atoms with van der Waals surface area (Å²) in [7, 11) is 0. The van der Waals surface area contributed by atoms with E-state index in [0.29, 0.717) is 18.0 Å². The van der Waals surface area contributed by atoms with E-state index in [9.17, 15) is 4.79 Å². The van der Waals surface area contributed by atoms with Crippen LogP contribution in [-0.2, 0) is 4.79 Å². The number of rotatable bonds is 7. The van der Waals surface area contributed by atoms with Gasteiger partial charge in [0.05, 0.1) is 0 Å². The third-order valence-electron chi connectivity index (χ3n) is 4.95. The summed E-state index contributed by atoms with van der Waals surface area (Å²) in [6.45, 7) is 6.37. The minimum Gasteiger partial charge on any atom is -0.335 e. The molecular formula is C16H31N3O. The molecule has 0 aliphatic carbocycles. The van der Waals surface area contributed by atoms with Crippen LogP contribution in [0.15, 0.2) is 0 Å². The molecule has 2 fully saturated rings. The number of likely N-dealkylation sites (tertiary alicyclic amines) is 1. The van der Waals surface area contributed by atoms with Crippen LogP contribution in [0, 0.1) is 0 Å². The molecule has 1 amide bonds. The van der Waals surface area contributed by atoms with Crippen LogP contribution in [0.5, 0.6) is 0 Å². The number of nitrogens with two attached hydrogens (primary N) is 1. The van der Waals surface area contributed by atoms with E-state index < -0.39 is 0 Å². The summed E-state index contributed by atoms with van der Waals surface area (Å²) >= 11 is 0. The molecule has 0 aromatic rings. The van der Waals surface area contributed by atoms with Gasteiger partial charge in [0.2, 0.25) is 5.91 Å². The Balaban J connectivity index is 1.80. The molecular weight excluding hydrogens is 250 g/mol. The first-order valence-electron chi connectivity index (χ1n) is 8.49. The zero-order chi connectivity index (χ0) is 14.4. The fourth-order valence-electron chi connectivity index (χ4n) is 3.74. The number of hydrogen-bond donors (Lipinski definition) is 1. The van der Waals surface area contributed by atoms with Gasteiger partial charge in [-0.05, 0) is 45.2 Å². The maximum Gasteiger partial charge on any atom is 0.223 e. The second-order valence-corrected chi connectivity index (χ2v) is 6.32. The van der Waals surface area contributed by atoms with Crippen molar-refractivity contribution in [3.05, 3.63) is 0 Å². The molecule has 4 heteroatoms. The number of nitrogens with zero attached hydrogens (tertiary/aromatic N) is 2. The molecule has 2 bridgehead atoms. The Bertz CT molecular complexity index is 308. The summed E-state index contributed by atoms with van der Waals surface area (Å²) in [5.41, 5.74) is 5.50. The van der Waals surface area contributed by atoms with E-state index in [1.165, 1.54) is 25.7 Å². The van der Waals surface area contributed by atoms with Crippen molar-refractivity contribution >= 4 is 5.91 Å². The number of hydrogen-bond acceptors (Lipinski definition) is 3. The Morgan fingerprint density at radius 3 is 2.60 bits per heavy atom. The summed E-state index contributed by atoms with van der Waals surface area (Å²) in [4.78, 5) is 17.3. The molecule has 2 saturated heterocycles. The minimum absolute atomic E-state index is 0.406. The van der Waals surface area contributed by atoms with Gasteiger partial charge in [0.1, 0.15) is 0 Å². The van der Waals surface area contributed by atoms with Gasteiger partial charge < -0.3 is 15.5 Å². The molecule has 2 aliphatic rings. The molecule has 4 nitrogen and oxygen atoms in total. The lowest BCUT2D eigenvalue weighted by molar-refractivity contribution is -0.134. The predicted octanol–water partition coefficient (Wildman–Crippen LogP) is 1.98. The van der Waals surface area contributed by atoms with Gasteiger partial charge in [-0.2, -0.15) is 0 Å². The maximum atomic E-state index is 12.5. The van der Waals surface area contributed by atoms with Crippen molar-refractivity contribution in [3.63, 3.8) is 0 Å². The molecule has 0 saturated carbocycles. The van der Waals surface area contributed by atoms with E-state index in [1.807, 2.05) is 0 Å². The first-order chi connectivity index (χ1) is 9.76. The molecule has 2 rings (SSSR count). The van der Waals surface area contributed by atoms with Crippen molar-refractivity contribution < 1.29 is 4.79 Å². The zero-order valence-electron chi connectivity index (χ0n) is 13.0. The predicted molar refractivity (Wildman–Crippen MR) is 82.5 cm³/mol. The van der Waals surface area contributed by atoms with Crippen molar-refractivity contribution in [1.29, 1.82) is 0 Å². The van der Waals surface area contributed by atoms with E-state index in [1.54, 1.807) is 0 Å². The highest BCUT2D eigenvalue weighted by molar-refractivity contribution is 5.77. The van der Waals surface area contributed by atoms with Crippen molar-refractivity contribution in [1.82, 2.24) is 9.80 Å². The lowest BCUT2D eigenvalue weighted by Gasteiger charge is -2.29. The monoisotopic (exact) mass is 281 g/mol. The van der Waals surface area contributed by atoms with Crippen molar-refractivity contribution in [2.24, 2.45) is 5.73 Å². The topological polar surface area (TPSA) is 49.6 Å². The molecule has 0 aromatic carbocycles. The highest BCUT2D eigenvalue weighted by atomic mass is 16.2. The van der Waals surface area contributed by atoms with Crippen LogP contribution < -0.4 is 5.73 Å². The smallest absolute Gasteiger partial charge is 0.223 e. The van der Waals surface area contributed by atoms with Crippen molar-refractivity contribution in [2.45, 2.75) is 70.4 Å². The first-order valence-corrected chi connectivity index (χ1v) is 8.49. The number of carbonyl (C=O) groups excluding carboxylic acids is 1. The van der Waals surface area contributed by atoms with Crippen LogP contribution in [-0.4, -0.2) is 54.0 Å². The largest absolute Gasteiger partial charge is 0.335 e. The summed E-state index contributed by atoms with van der Waals surface area (Å²) in [6, 6.07) is 1.01. The quantitative estimate of drug-likeness (QED) is 0.726. The Morgan fingerprint density at radius 2 is 1.85 bits per heavy atom. The zero-order valence-corrected chi connectivity index (χ0v) is 13.0. The Labute approximate surface area is 123 Å². The van der Waals surface area contributed by atoms with Crippen molar-refractivity contribution in [3.8, 4) is 0 Å². The van der Waals surface area contributed by atoms with Gasteiger partial charge in [0.15, 0.2) is 0 Å².